The fraction of sp³-hybridized carbons (Fsp3) is 0.556. The number of hydrogen-bond acceptors (Lipinski definition) is 1. The summed E-state index contributed by atoms with van der Waals surface area (Å²) in [4.78, 5) is 0. The fourth-order valence-electron chi connectivity index (χ4n) is 4.55. The molecule has 172 valence electrons. The highest BCUT2D eigenvalue weighted by Gasteiger charge is 2.46. The highest BCUT2D eigenvalue weighted by atomic mass is 32.2. The zero-order chi connectivity index (χ0) is 22.9. The largest absolute Gasteiger partial charge is 0.242 e. The maximum absolute atomic E-state index is 13.3. The van der Waals surface area contributed by atoms with Crippen molar-refractivity contribution in [1.29, 1.82) is 0 Å². The molecule has 0 saturated heterocycles. The Morgan fingerprint density at radius 1 is 0.839 bits per heavy atom. The maximum atomic E-state index is 13.3. The minimum Gasteiger partial charge on any atom is -0.242 e. The van der Waals surface area contributed by atoms with Gasteiger partial charge in [-0.05, 0) is 32.7 Å². The zero-order valence-electron chi connectivity index (χ0n) is 20.5. The molecule has 0 spiro atoms. The molecular formula is C27H43NOSSi. The Balaban J connectivity index is 2.60. The third-order valence-corrected chi connectivity index (χ3v) is 13.8. The molecule has 2 aromatic rings. The van der Waals surface area contributed by atoms with Crippen molar-refractivity contribution in [3.8, 4) is 0 Å². The van der Waals surface area contributed by atoms with Crippen LogP contribution in [0.1, 0.15) is 73.6 Å². The molecule has 0 amide bonds. The minimum atomic E-state index is -2.25. The molecule has 0 saturated carbocycles. The van der Waals surface area contributed by atoms with Gasteiger partial charge in [-0.25, -0.2) is 8.93 Å². The van der Waals surface area contributed by atoms with Crippen LogP contribution in [0.25, 0.3) is 0 Å². The van der Waals surface area contributed by atoms with Crippen LogP contribution in [0.2, 0.25) is 6.04 Å². The molecule has 31 heavy (non-hydrogen) atoms. The molecule has 0 aliphatic heterocycles. The molecule has 0 aliphatic rings. The molecule has 1 N–H and O–H groups in total. The van der Waals surface area contributed by atoms with E-state index in [1.165, 1.54) is 48.5 Å². The van der Waals surface area contributed by atoms with Crippen molar-refractivity contribution in [2.24, 2.45) is 5.92 Å². The van der Waals surface area contributed by atoms with Crippen LogP contribution in [0.4, 0.5) is 0 Å². The first-order chi connectivity index (χ1) is 14.7. The second-order valence-electron chi connectivity index (χ2n) is 10.1. The van der Waals surface area contributed by atoms with Gasteiger partial charge in [0.25, 0.3) is 0 Å². The molecule has 2 atom stereocenters. The predicted molar refractivity (Wildman–Crippen MR) is 141 cm³/mol. The van der Waals surface area contributed by atoms with Crippen molar-refractivity contribution in [2.75, 3.05) is 0 Å². The van der Waals surface area contributed by atoms with Crippen LogP contribution in [0.5, 0.6) is 0 Å². The Morgan fingerprint density at radius 2 is 1.32 bits per heavy atom. The lowest BCUT2D eigenvalue weighted by Gasteiger charge is -2.43. The second-order valence-corrected chi connectivity index (χ2v) is 16.3. The monoisotopic (exact) mass is 457 g/mol. The molecule has 2 aromatic carbocycles. The first-order valence-electron chi connectivity index (χ1n) is 12.0. The number of rotatable bonds is 12. The van der Waals surface area contributed by atoms with Crippen molar-refractivity contribution in [2.45, 2.75) is 90.1 Å². The van der Waals surface area contributed by atoms with Crippen LogP contribution in [0.3, 0.4) is 0 Å². The van der Waals surface area contributed by atoms with Crippen molar-refractivity contribution in [3.05, 3.63) is 60.7 Å². The van der Waals surface area contributed by atoms with E-state index >= 15 is 0 Å². The lowest BCUT2D eigenvalue weighted by atomic mass is 10.2. The SMILES string of the molecule is CCCCCCC[Si](c1ccccc1)(c1ccccc1)[C@@H](NS(=O)C(C)(C)C)C(C)C. The van der Waals surface area contributed by atoms with Gasteiger partial charge in [-0.3, -0.25) is 0 Å². The molecule has 0 aromatic heterocycles. The summed E-state index contributed by atoms with van der Waals surface area (Å²) >= 11 is 0. The topological polar surface area (TPSA) is 29.1 Å². The van der Waals surface area contributed by atoms with Gasteiger partial charge in [0.05, 0.1) is 15.7 Å². The molecule has 0 fully saturated rings. The van der Waals surface area contributed by atoms with Gasteiger partial charge < -0.3 is 0 Å². The zero-order valence-corrected chi connectivity index (χ0v) is 22.3. The van der Waals surface area contributed by atoms with E-state index in [-0.39, 0.29) is 10.4 Å². The summed E-state index contributed by atoms with van der Waals surface area (Å²) < 4.78 is 16.7. The first kappa shape index (κ1) is 26.0. The van der Waals surface area contributed by atoms with Gasteiger partial charge in [0.1, 0.15) is 8.07 Å². The Labute approximate surface area is 194 Å². The van der Waals surface area contributed by atoms with Crippen LogP contribution >= 0.6 is 0 Å². The normalized spacial score (nSPS) is 14.5. The maximum Gasteiger partial charge on any atom is 0.136 e. The Bertz CT molecular complexity index is 746. The van der Waals surface area contributed by atoms with Crippen molar-refractivity contribution in [3.63, 3.8) is 0 Å². The summed E-state index contributed by atoms with van der Waals surface area (Å²) in [7, 11) is -3.35. The van der Waals surface area contributed by atoms with Gasteiger partial charge >= 0.3 is 0 Å². The van der Waals surface area contributed by atoms with E-state index in [1.54, 1.807) is 0 Å². The Kier molecular flexibility index (Phi) is 10.2. The van der Waals surface area contributed by atoms with Gasteiger partial charge in [0, 0.05) is 5.67 Å². The van der Waals surface area contributed by atoms with E-state index in [4.69, 9.17) is 0 Å². The van der Waals surface area contributed by atoms with Gasteiger partial charge in [-0.2, -0.15) is 0 Å². The first-order valence-corrected chi connectivity index (χ1v) is 15.5. The molecule has 2 rings (SSSR count). The average molecular weight is 458 g/mol. The minimum absolute atomic E-state index is 0.198. The highest BCUT2D eigenvalue weighted by Crippen LogP contribution is 2.26. The summed E-state index contributed by atoms with van der Waals surface area (Å²) in [6.45, 7) is 13.0. The summed E-state index contributed by atoms with van der Waals surface area (Å²) in [6, 6.07) is 23.4. The van der Waals surface area contributed by atoms with Crippen LogP contribution in [0.15, 0.2) is 60.7 Å². The van der Waals surface area contributed by atoms with E-state index in [2.05, 4.69) is 107 Å². The second kappa shape index (κ2) is 12.1. The molecule has 1 unspecified atom stereocenters. The third-order valence-electron chi connectivity index (χ3n) is 6.24. The van der Waals surface area contributed by atoms with Gasteiger partial charge in [0.15, 0.2) is 0 Å². The standard InChI is InChI=1S/C27H43NOSSi/c1-7-8-9-10-17-22-31(24-18-13-11-14-19-24,25-20-15-12-16-21-25)26(23(2)3)28-30(29)27(4,5)6/h11-16,18-21,23,26,28H,7-10,17,22H2,1-6H3/t26-,30?/m1/s1. The fourth-order valence-corrected chi connectivity index (χ4v) is 12.0. The number of unbranched alkanes of at least 4 members (excludes halogenated alkanes) is 4. The molecule has 4 heteroatoms. The van der Waals surface area contributed by atoms with E-state index in [9.17, 15) is 4.21 Å². The highest BCUT2D eigenvalue weighted by molar-refractivity contribution is 7.84. The smallest absolute Gasteiger partial charge is 0.136 e. The molecule has 0 radical (unpaired) electrons. The van der Waals surface area contributed by atoms with Gasteiger partial charge in [-0.15, -0.1) is 0 Å². The predicted octanol–water partition coefficient (Wildman–Crippen LogP) is 5.84. The van der Waals surface area contributed by atoms with Crippen molar-refractivity contribution < 1.29 is 4.21 Å². The van der Waals surface area contributed by atoms with Crippen LogP contribution in [0, 0.1) is 5.92 Å². The van der Waals surface area contributed by atoms with E-state index < -0.39 is 19.1 Å². The molecular weight excluding hydrogens is 414 g/mol. The summed E-state index contributed by atoms with van der Waals surface area (Å²) in [5.41, 5.74) is 0.198. The van der Waals surface area contributed by atoms with Gasteiger partial charge in [-0.1, -0.05) is 124 Å². The number of benzene rings is 2. The third kappa shape index (κ3) is 6.87. The van der Waals surface area contributed by atoms with E-state index in [1.807, 2.05) is 0 Å². The summed E-state index contributed by atoms with van der Waals surface area (Å²) in [6.07, 6.45) is 6.38. The Morgan fingerprint density at radius 3 is 1.74 bits per heavy atom. The van der Waals surface area contributed by atoms with Crippen LogP contribution in [-0.4, -0.2) is 22.7 Å². The molecule has 0 heterocycles. The summed E-state index contributed by atoms with van der Waals surface area (Å²) in [5, 5.41) is 2.91. The average Bonchev–Trinajstić information content (AvgIpc) is 2.75. The van der Waals surface area contributed by atoms with Crippen LogP contribution in [-0.2, 0) is 11.0 Å². The van der Waals surface area contributed by atoms with Gasteiger partial charge in [0.2, 0.25) is 0 Å². The number of hydrogen-bond donors (Lipinski definition) is 1. The molecule has 2 nitrogen and oxygen atoms in total. The van der Waals surface area contributed by atoms with E-state index in [0.717, 1.165) is 0 Å². The quantitative estimate of drug-likeness (QED) is 0.315. The molecule has 0 aliphatic carbocycles. The number of nitrogens with one attached hydrogen (secondary N) is 1. The van der Waals surface area contributed by atoms with E-state index in [0.29, 0.717) is 5.92 Å². The summed E-state index contributed by atoms with van der Waals surface area (Å²) in [5.74, 6) is 0.383. The lowest BCUT2D eigenvalue weighted by Crippen LogP contribution is -2.72. The lowest BCUT2D eigenvalue weighted by molar-refractivity contribution is 0.545. The van der Waals surface area contributed by atoms with Crippen LogP contribution < -0.4 is 15.1 Å². The molecule has 0 bridgehead atoms. The van der Waals surface area contributed by atoms with Crippen molar-refractivity contribution >= 4 is 29.4 Å². The Hall–Kier alpha value is -1.23. The van der Waals surface area contributed by atoms with Crippen molar-refractivity contribution in [1.82, 2.24) is 4.72 Å².